The van der Waals surface area contributed by atoms with Crippen molar-refractivity contribution in [1.82, 2.24) is 0 Å². The Kier molecular flexibility index (Phi) is 1.12. The molecular weight excluding hydrogens is 95.0 g/mol. The Hall–Kier alpha value is 0.390. The molecule has 0 radical (unpaired) electrons. The van der Waals surface area contributed by atoms with Crippen molar-refractivity contribution in [3.63, 3.8) is 0 Å². The minimum Gasteiger partial charge on any atom is -0.393 e. The molecular formula is C4H9OP. The molecule has 1 aliphatic carbocycles. The highest BCUT2D eigenvalue weighted by Gasteiger charge is 2.22. The van der Waals surface area contributed by atoms with Gasteiger partial charge in [0.05, 0.1) is 6.10 Å². The average molecular weight is 104 g/mol. The van der Waals surface area contributed by atoms with Gasteiger partial charge in [0.15, 0.2) is 0 Å². The number of hydrogen-bond acceptors (Lipinski definition) is 1. The lowest BCUT2D eigenvalue weighted by Crippen LogP contribution is -2.27. The lowest BCUT2D eigenvalue weighted by Gasteiger charge is -2.26. The molecule has 1 saturated carbocycles. The number of aliphatic hydroxyl groups is 1. The smallest absolute Gasteiger partial charge is 0.0552 e. The van der Waals surface area contributed by atoms with E-state index in [1.807, 2.05) is 0 Å². The molecule has 0 heterocycles. The van der Waals surface area contributed by atoms with Crippen LogP contribution in [0, 0.1) is 0 Å². The van der Waals surface area contributed by atoms with Crippen molar-refractivity contribution < 1.29 is 5.11 Å². The van der Waals surface area contributed by atoms with Crippen molar-refractivity contribution in [3.8, 4) is 0 Å². The highest BCUT2D eigenvalue weighted by Crippen LogP contribution is 2.26. The van der Waals surface area contributed by atoms with Crippen LogP contribution < -0.4 is 0 Å². The fraction of sp³-hybridized carbons (Fsp3) is 1.00. The second-order valence-corrected chi connectivity index (χ2v) is 2.83. The summed E-state index contributed by atoms with van der Waals surface area (Å²) < 4.78 is 0. The van der Waals surface area contributed by atoms with E-state index in [2.05, 4.69) is 9.24 Å². The van der Waals surface area contributed by atoms with Crippen molar-refractivity contribution >= 4 is 9.24 Å². The maximum Gasteiger partial charge on any atom is 0.0552 e. The molecule has 6 heavy (non-hydrogen) atoms. The highest BCUT2D eigenvalue weighted by molar-refractivity contribution is 7.17. The highest BCUT2D eigenvalue weighted by atomic mass is 31.0. The van der Waals surface area contributed by atoms with Gasteiger partial charge in [-0.2, -0.15) is 0 Å². The summed E-state index contributed by atoms with van der Waals surface area (Å²) >= 11 is 0. The monoisotopic (exact) mass is 104 g/mol. The second kappa shape index (κ2) is 1.48. The van der Waals surface area contributed by atoms with E-state index in [-0.39, 0.29) is 6.10 Å². The van der Waals surface area contributed by atoms with Crippen LogP contribution in [-0.4, -0.2) is 16.9 Å². The lowest BCUT2D eigenvalue weighted by molar-refractivity contribution is 0.100. The third kappa shape index (κ3) is 0.717. The van der Waals surface area contributed by atoms with Crippen molar-refractivity contribution in [3.05, 3.63) is 0 Å². The molecule has 36 valence electrons. The van der Waals surface area contributed by atoms with Gasteiger partial charge in [0.25, 0.3) is 0 Å². The molecule has 0 aromatic heterocycles. The second-order valence-electron chi connectivity index (χ2n) is 1.89. The number of hydrogen-bond donors (Lipinski definition) is 1. The van der Waals surface area contributed by atoms with Crippen LogP contribution in [0.4, 0.5) is 0 Å². The van der Waals surface area contributed by atoms with Gasteiger partial charge in [0.1, 0.15) is 0 Å². The average Bonchev–Trinajstić information content (AvgIpc) is 1.33. The largest absolute Gasteiger partial charge is 0.393 e. The Bertz CT molecular complexity index is 43.5. The molecule has 2 heteroatoms. The van der Waals surface area contributed by atoms with Gasteiger partial charge in [-0.05, 0) is 18.5 Å². The van der Waals surface area contributed by atoms with E-state index in [0.717, 1.165) is 12.8 Å². The third-order valence-corrected chi connectivity index (χ3v) is 1.69. The maximum atomic E-state index is 8.60. The quantitative estimate of drug-likeness (QED) is 0.440. The van der Waals surface area contributed by atoms with Gasteiger partial charge in [-0.25, -0.2) is 0 Å². The SMILES string of the molecule is OC1CC(P)C1. The number of rotatable bonds is 0. The van der Waals surface area contributed by atoms with Crippen LogP contribution in [0.1, 0.15) is 12.8 Å². The maximum absolute atomic E-state index is 8.60. The van der Waals surface area contributed by atoms with Crippen LogP contribution in [0.5, 0.6) is 0 Å². The zero-order valence-electron chi connectivity index (χ0n) is 3.59. The predicted molar refractivity (Wildman–Crippen MR) is 28.7 cm³/mol. The molecule has 0 spiro atoms. The fourth-order valence-electron chi connectivity index (χ4n) is 0.630. The first-order valence-electron chi connectivity index (χ1n) is 2.22. The molecule has 1 rings (SSSR count). The Morgan fingerprint density at radius 3 is 2.00 bits per heavy atom. The standard InChI is InChI=1S/C4H9OP/c5-3-1-4(6)2-3/h3-5H,1-2,6H2. The van der Waals surface area contributed by atoms with Gasteiger partial charge in [0.2, 0.25) is 0 Å². The molecule has 0 aliphatic heterocycles. The first kappa shape index (κ1) is 4.55. The molecule has 1 fully saturated rings. The van der Waals surface area contributed by atoms with Crippen molar-refractivity contribution in [1.29, 1.82) is 0 Å². The molecule has 1 nitrogen and oxygen atoms in total. The van der Waals surface area contributed by atoms with Gasteiger partial charge in [0, 0.05) is 0 Å². The summed E-state index contributed by atoms with van der Waals surface area (Å²) in [5, 5.41) is 8.60. The predicted octanol–water partition coefficient (Wildman–Crippen LogP) is 0.385. The van der Waals surface area contributed by atoms with Gasteiger partial charge < -0.3 is 5.11 Å². The Morgan fingerprint density at radius 1 is 1.50 bits per heavy atom. The summed E-state index contributed by atoms with van der Waals surface area (Å²) in [7, 11) is 2.68. The topological polar surface area (TPSA) is 20.2 Å². The van der Waals surface area contributed by atoms with E-state index in [4.69, 9.17) is 5.11 Å². The Balaban J connectivity index is 2.11. The fourth-order valence-corrected chi connectivity index (χ4v) is 1.26. The minimum absolute atomic E-state index is 0.0208. The summed E-state index contributed by atoms with van der Waals surface area (Å²) in [6, 6.07) is 0. The van der Waals surface area contributed by atoms with Crippen molar-refractivity contribution in [2.45, 2.75) is 24.6 Å². The molecule has 1 unspecified atom stereocenters. The molecule has 0 amide bonds. The summed E-state index contributed by atoms with van der Waals surface area (Å²) in [6.45, 7) is 0. The first-order chi connectivity index (χ1) is 2.79. The van der Waals surface area contributed by atoms with Crippen LogP contribution >= 0.6 is 9.24 Å². The van der Waals surface area contributed by atoms with Crippen LogP contribution in [0.25, 0.3) is 0 Å². The Labute approximate surface area is 40.0 Å². The first-order valence-corrected chi connectivity index (χ1v) is 2.89. The molecule has 1 aliphatic rings. The van der Waals surface area contributed by atoms with E-state index in [9.17, 15) is 0 Å². The Morgan fingerprint density at radius 2 is 2.00 bits per heavy atom. The molecule has 0 bridgehead atoms. The van der Waals surface area contributed by atoms with Crippen LogP contribution in [-0.2, 0) is 0 Å². The molecule has 1 N–H and O–H groups in total. The molecule has 0 saturated heterocycles. The third-order valence-electron chi connectivity index (χ3n) is 1.15. The molecule has 1 atom stereocenters. The summed E-state index contributed by atoms with van der Waals surface area (Å²) in [5.74, 6) is 0. The molecule has 0 aromatic rings. The van der Waals surface area contributed by atoms with E-state index < -0.39 is 0 Å². The minimum atomic E-state index is 0.0208. The van der Waals surface area contributed by atoms with Gasteiger partial charge >= 0.3 is 0 Å². The number of aliphatic hydroxyl groups excluding tert-OH is 1. The van der Waals surface area contributed by atoms with Crippen molar-refractivity contribution in [2.75, 3.05) is 0 Å². The van der Waals surface area contributed by atoms with Gasteiger partial charge in [-0.1, -0.05) is 0 Å². The van der Waals surface area contributed by atoms with Crippen LogP contribution in [0.3, 0.4) is 0 Å². The summed E-state index contributed by atoms with van der Waals surface area (Å²) in [4.78, 5) is 0. The van der Waals surface area contributed by atoms with Crippen LogP contribution in [0.2, 0.25) is 0 Å². The summed E-state index contributed by atoms with van der Waals surface area (Å²) in [6.07, 6.45) is 2.00. The van der Waals surface area contributed by atoms with Gasteiger partial charge in [-0.3, -0.25) is 0 Å². The van der Waals surface area contributed by atoms with E-state index in [0.29, 0.717) is 5.66 Å². The van der Waals surface area contributed by atoms with E-state index in [1.54, 1.807) is 0 Å². The summed E-state index contributed by atoms with van der Waals surface area (Å²) in [5.41, 5.74) is 0.708. The van der Waals surface area contributed by atoms with Crippen molar-refractivity contribution in [2.24, 2.45) is 0 Å². The van der Waals surface area contributed by atoms with Gasteiger partial charge in [-0.15, -0.1) is 9.24 Å². The lowest BCUT2D eigenvalue weighted by atomic mass is 9.96. The van der Waals surface area contributed by atoms with E-state index in [1.165, 1.54) is 0 Å². The zero-order valence-corrected chi connectivity index (χ0v) is 4.75. The van der Waals surface area contributed by atoms with E-state index >= 15 is 0 Å². The van der Waals surface area contributed by atoms with Crippen LogP contribution in [0.15, 0.2) is 0 Å². The normalized spacial score (nSPS) is 45.0. The zero-order chi connectivity index (χ0) is 4.57. The molecule has 0 aromatic carbocycles.